The molecule has 1 heterocycles. The van der Waals surface area contributed by atoms with E-state index in [2.05, 4.69) is 11.8 Å². The highest BCUT2D eigenvalue weighted by Gasteiger charge is 2.08. The van der Waals surface area contributed by atoms with Crippen molar-refractivity contribution >= 4 is 5.97 Å². The number of carboxylic acid groups (broad SMARTS) is 1. The van der Waals surface area contributed by atoms with Gasteiger partial charge in [0.05, 0.1) is 6.54 Å². The smallest absolute Gasteiger partial charge is 0.352 e. The maximum atomic E-state index is 11.3. The summed E-state index contributed by atoms with van der Waals surface area (Å²) in [6.45, 7) is 1.74. The Bertz CT molecular complexity index is 462. The number of carbonyl (C=O) groups is 1. The molecule has 0 saturated heterocycles. The molecule has 0 saturated carbocycles. The predicted molar refractivity (Wildman–Crippen MR) is 51.1 cm³/mol. The average Bonchev–Trinajstić information content (AvgIpc) is 2.15. The molecule has 4 heteroatoms. The fourth-order valence-corrected chi connectivity index (χ4v) is 1.03. The minimum atomic E-state index is -1.12. The van der Waals surface area contributed by atoms with Crippen LogP contribution >= 0.6 is 0 Å². The van der Waals surface area contributed by atoms with Crippen LogP contribution in [0.15, 0.2) is 23.0 Å². The number of rotatable bonds is 2. The lowest BCUT2D eigenvalue weighted by molar-refractivity contribution is 0.0684. The van der Waals surface area contributed by atoms with E-state index in [0.29, 0.717) is 0 Å². The van der Waals surface area contributed by atoms with Gasteiger partial charge >= 0.3 is 5.97 Å². The van der Waals surface area contributed by atoms with Gasteiger partial charge in [0, 0.05) is 6.07 Å². The van der Waals surface area contributed by atoms with E-state index in [4.69, 9.17) is 5.11 Å². The van der Waals surface area contributed by atoms with E-state index in [1.54, 1.807) is 6.92 Å². The molecule has 1 aromatic heterocycles. The van der Waals surface area contributed by atoms with Crippen molar-refractivity contribution in [2.45, 2.75) is 13.5 Å². The van der Waals surface area contributed by atoms with Crippen LogP contribution in [0.3, 0.4) is 0 Å². The fraction of sp³-hybridized carbons (Fsp3) is 0.200. The maximum absolute atomic E-state index is 11.3. The second-order valence-electron chi connectivity index (χ2n) is 2.57. The molecule has 72 valence electrons. The van der Waals surface area contributed by atoms with E-state index in [9.17, 15) is 9.59 Å². The first-order chi connectivity index (χ1) is 6.66. The third kappa shape index (κ3) is 2.02. The molecule has 0 aliphatic rings. The summed E-state index contributed by atoms with van der Waals surface area (Å²) in [4.78, 5) is 22.0. The number of aromatic carboxylic acids is 1. The first-order valence-electron chi connectivity index (χ1n) is 3.99. The number of aromatic nitrogens is 1. The quantitative estimate of drug-likeness (QED) is 0.695. The van der Waals surface area contributed by atoms with E-state index >= 15 is 0 Å². The van der Waals surface area contributed by atoms with Crippen LogP contribution in [0, 0.1) is 11.8 Å². The minimum absolute atomic E-state index is 0.0414. The van der Waals surface area contributed by atoms with Crippen molar-refractivity contribution in [3.05, 3.63) is 34.2 Å². The second-order valence-corrected chi connectivity index (χ2v) is 2.57. The van der Waals surface area contributed by atoms with Crippen LogP contribution in [-0.2, 0) is 6.54 Å². The zero-order valence-electron chi connectivity index (χ0n) is 7.65. The summed E-state index contributed by atoms with van der Waals surface area (Å²) < 4.78 is 1.12. The van der Waals surface area contributed by atoms with Gasteiger partial charge in [0.15, 0.2) is 0 Å². The van der Waals surface area contributed by atoms with Crippen LogP contribution in [0.2, 0.25) is 0 Å². The summed E-state index contributed by atoms with van der Waals surface area (Å²) in [7, 11) is 0. The highest BCUT2D eigenvalue weighted by atomic mass is 16.4. The van der Waals surface area contributed by atoms with Crippen LogP contribution in [0.4, 0.5) is 0 Å². The Morgan fingerprint density at radius 3 is 2.86 bits per heavy atom. The molecule has 1 aromatic rings. The number of hydrogen-bond acceptors (Lipinski definition) is 2. The lowest BCUT2D eigenvalue weighted by Crippen LogP contribution is -2.24. The van der Waals surface area contributed by atoms with Crippen LogP contribution in [-0.4, -0.2) is 15.6 Å². The van der Waals surface area contributed by atoms with Gasteiger partial charge in [-0.2, -0.15) is 0 Å². The topological polar surface area (TPSA) is 59.3 Å². The minimum Gasteiger partial charge on any atom is -0.477 e. The molecule has 0 unspecified atom stereocenters. The maximum Gasteiger partial charge on any atom is 0.352 e. The van der Waals surface area contributed by atoms with Gasteiger partial charge in [-0.05, 0) is 13.0 Å². The molecule has 1 N–H and O–H groups in total. The molecule has 0 radical (unpaired) electrons. The van der Waals surface area contributed by atoms with E-state index in [1.165, 1.54) is 18.2 Å². The van der Waals surface area contributed by atoms with Gasteiger partial charge in [-0.1, -0.05) is 12.0 Å². The second kappa shape index (κ2) is 4.28. The molecule has 0 aliphatic heterocycles. The lowest BCUT2D eigenvalue weighted by Gasteiger charge is -2.04. The largest absolute Gasteiger partial charge is 0.477 e. The Labute approximate surface area is 80.8 Å². The Hall–Kier alpha value is -2.02. The highest BCUT2D eigenvalue weighted by molar-refractivity contribution is 5.85. The number of carboxylic acids is 1. The standard InChI is InChI=1S/C10H9NO3/c1-2-3-7-11-8(10(13)14)5-4-6-9(11)12/h4-6H,7H2,1H3,(H,13,14). The van der Waals surface area contributed by atoms with Gasteiger partial charge in [-0.3, -0.25) is 9.36 Å². The van der Waals surface area contributed by atoms with Crippen molar-refractivity contribution in [3.63, 3.8) is 0 Å². The Morgan fingerprint density at radius 2 is 2.29 bits per heavy atom. The fourth-order valence-electron chi connectivity index (χ4n) is 1.03. The summed E-state index contributed by atoms with van der Waals surface area (Å²) in [6.07, 6.45) is 0. The average molecular weight is 191 g/mol. The van der Waals surface area contributed by atoms with Gasteiger partial charge in [0.25, 0.3) is 5.56 Å². The number of hydrogen-bond donors (Lipinski definition) is 1. The molecule has 0 amide bonds. The molecular weight excluding hydrogens is 182 g/mol. The van der Waals surface area contributed by atoms with Gasteiger partial charge < -0.3 is 5.11 Å². The van der Waals surface area contributed by atoms with E-state index in [-0.39, 0.29) is 17.8 Å². The van der Waals surface area contributed by atoms with Crippen molar-refractivity contribution in [1.29, 1.82) is 0 Å². The van der Waals surface area contributed by atoms with E-state index in [0.717, 1.165) is 4.57 Å². The van der Waals surface area contributed by atoms with Crippen LogP contribution < -0.4 is 5.56 Å². The van der Waals surface area contributed by atoms with Crippen LogP contribution in [0.5, 0.6) is 0 Å². The molecule has 1 rings (SSSR count). The van der Waals surface area contributed by atoms with E-state index < -0.39 is 5.97 Å². The van der Waals surface area contributed by atoms with Crippen molar-refractivity contribution in [2.75, 3.05) is 0 Å². The van der Waals surface area contributed by atoms with Crippen molar-refractivity contribution in [1.82, 2.24) is 4.57 Å². The summed E-state index contributed by atoms with van der Waals surface area (Å²) in [5, 5.41) is 8.78. The first-order valence-corrected chi connectivity index (χ1v) is 3.99. The Morgan fingerprint density at radius 1 is 1.57 bits per heavy atom. The first kappa shape index (κ1) is 10.1. The molecule has 14 heavy (non-hydrogen) atoms. The molecule has 0 fully saturated rings. The molecular formula is C10H9NO3. The molecule has 0 aromatic carbocycles. The normalized spacial score (nSPS) is 8.93. The third-order valence-corrected chi connectivity index (χ3v) is 1.68. The number of nitrogens with zero attached hydrogens (tertiary/aromatic N) is 1. The SMILES string of the molecule is CC#CCn1c(C(=O)O)cccc1=O. The summed E-state index contributed by atoms with van der Waals surface area (Å²) in [6, 6.07) is 4.10. The molecule has 0 atom stereocenters. The summed E-state index contributed by atoms with van der Waals surface area (Å²) in [5.41, 5.74) is -0.395. The highest BCUT2D eigenvalue weighted by Crippen LogP contribution is 1.95. The Balaban J connectivity index is 3.27. The van der Waals surface area contributed by atoms with Crippen LogP contribution in [0.25, 0.3) is 0 Å². The van der Waals surface area contributed by atoms with Crippen molar-refractivity contribution in [2.24, 2.45) is 0 Å². The van der Waals surface area contributed by atoms with Crippen LogP contribution in [0.1, 0.15) is 17.4 Å². The third-order valence-electron chi connectivity index (χ3n) is 1.68. The van der Waals surface area contributed by atoms with E-state index in [1.807, 2.05) is 0 Å². The van der Waals surface area contributed by atoms with Crippen molar-refractivity contribution < 1.29 is 9.90 Å². The molecule has 0 bridgehead atoms. The zero-order valence-corrected chi connectivity index (χ0v) is 7.65. The van der Waals surface area contributed by atoms with Crippen molar-refractivity contribution in [3.8, 4) is 11.8 Å². The predicted octanol–water partition coefficient (Wildman–Crippen LogP) is 0.570. The molecule has 4 nitrogen and oxygen atoms in total. The zero-order chi connectivity index (χ0) is 10.6. The summed E-state index contributed by atoms with van der Waals surface area (Å²) >= 11 is 0. The molecule has 0 spiro atoms. The van der Waals surface area contributed by atoms with Gasteiger partial charge in [0.2, 0.25) is 0 Å². The monoisotopic (exact) mass is 191 g/mol. The lowest BCUT2D eigenvalue weighted by atomic mass is 10.3. The van der Waals surface area contributed by atoms with Gasteiger partial charge in [-0.15, -0.1) is 5.92 Å². The Kier molecular flexibility index (Phi) is 3.08. The summed E-state index contributed by atoms with van der Waals surface area (Å²) in [5.74, 6) is 4.13. The number of pyridine rings is 1. The van der Waals surface area contributed by atoms with Gasteiger partial charge in [0.1, 0.15) is 5.69 Å². The molecule has 0 aliphatic carbocycles. The van der Waals surface area contributed by atoms with Gasteiger partial charge in [-0.25, -0.2) is 4.79 Å².